The molecular formula is C90H99N23O34. The number of ether oxygens (including phenoxy) is 13. The zero-order valence-corrected chi connectivity index (χ0v) is 80.5. The summed E-state index contributed by atoms with van der Waals surface area (Å²) in [7, 11) is 3.28. The van der Waals surface area contributed by atoms with E-state index in [1.54, 1.807) is 68.6 Å². The van der Waals surface area contributed by atoms with Crippen molar-refractivity contribution in [2.45, 2.75) is 199 Å². The molecule has 4 saturated heterocycles. The summed E-state index contributed by atoms with van der Waals surface area (Å²) < 4.78 is 116. The van der Waals surface area contributed by atoms with Gasteiger partial charge in [-0.1, -0.05) is 23.7 Å². The molecule has 12 aromatic heterocycles. The van der Waals surface area contributed by atoms with E-state index in [4.69, 9.17) is 140 Å². The molecule has 5 aliphatic heterocycles. The molecule has 0 aliphatic carbocycles. The summed E-state index contributed by atoms with van der Waals surface area (Å²) in [5.74, 6) is 11.1. The highest BCUT2D eigenvalue weighted by Crippen LogP contribution is 2.44. The van der Waals surface area contributed by atoms with Gasteiger partial charge in [0.2, 0.25) is 5.60 Å². The number of esters is 1. The second-order valence-electron chi connectivity index (χ2n) is 33.6. The maximum Gasteiger partial charge on any atom is 0.519 e. The van der Waals surface area contributed by atoms with Crippen molar-refractivity contribution in [3.05, 3.63) is 161 Å². The number of aliphatic hydroxyl groups excluding tert-OH is 4. The van der Waals surface area contributed by atoms with Crippen LogP contribution in [-0.4, -0.2) is 252 Å². The first kappa shape index (κ1) is 106. The molecule has 778 valence electrons. The van der Waals surface area contributed by atoms with Crippen LogP contribution in [-0.2, 0) is 92.7 Å². The molecule has 0 unspecified atom stereocenters. The number of aryl methyl sites for hydroxylation is 8. The van der Waals surface area contributed by atoms with Gasteiger partial charge >= 0.3 is 53.8 Å². The predicted molar refractivity (Wildman–Crippen MR) is 494 cm³/mol. The Kier molecular flexibility index (Phi) is 32.0. The summed E-state index contributed by atoms with van der Waals surface area (Å²) in [6.07, 6.45) is 17.8. The van der Waals surface area contributed by atoms with Crippen LogP contribution in [0.25, 0.3) is 44.7 Å². The number of imidazole rings is 4. The number of rotatable bonds is 30. The van der Waals surface area contributed by atoms with E-state index in [1.807, 2.05) is 4.90 Å². The summed E-state index contributed by atoms with van der Waals surface area (Å²) in [6, 6.07) is 0. The van der Waals surface area contributed by atoms with Crippen LogP contribution in [0.4, 0.5) is 42.4 Å². The number of allylic oxidation sites excluding steroid dienone is 1. The largest absolute Gasteiger partial charge is 0.519 e. The third-order valence-corrected chi connectivity index (χ3v) is 23.4. The summed E-state index contributed by atoms with van der Waals surface area (Å²) in [6.45, 7) is 16.6. The lowest BCUT2D eigenvalue weighted by Gasteiger charge is -2.27. The highest BCUT2D eigenvalue weighted by atomic mass is 16.8. The molecule has 57 nitrogen and oxygen atoms in total. The highest BCUT2D eigenvalue weighted by Gasteiger charge is 2.55. The van der Waals surface area contributed by atoms with E-state index < -0.39 is 152 Å². The Morgan fingerprint density at radius 2 is 0.884 bits per heavy atom. The number of terminal acetylenes is 4. The van der Waals surface area contributed by atoms with Gasteiger partial charge in [0.15, 0.2) is 140 Å². The van der Waals surface area contributed by atoms with E-state index in [9.17, 15) is 63.6 Å². The molecule has 0 spiro atoms. The molecular weight excluding hydrogens is 1950 g/mol. The Morgan fingerprint density at radius 3 is 1.31 bits per heavy atom. The van der Waals surface area contributed by atoms with Crippen LogP contribution in [0.5, 0.6) is 0 Å². The van der Waals surface area contributed by atoms with Gasteiger partial charge in [0.1, 0.15) is 114 Å². The molecule has 4 fully saturated rings. The summed E-state index contributed by atoms with van der Waals surface area (Å²) >= 11 is 0. The molecule has 2 amide bonds. The third-order valence-electron chi connectivity index (χ3n) is 23.4. The van der Waals surface area contributed by atoms with Crippen molar-refractivity contribution in [3.63, 3.8) is 0 Å². The molecule has 147 heavy (non-hydrogen) atoms. The monoisotopic (exact) mass is 2050 g/mol. The van der Waals surface area contributed by atoms with E-state index in [1.165, 1.54) is 56.3 Å². The SMILES string of the molecule is C#C[C@]1(CO)O[C@@H](n2cnc3c(NCC4=C(C)OC(=C)O4)nc(C)nc32)C[C@@H]1O.C#C[C@]1(COC(=O)CCCN(C)C(=O)OCc2oc(=O)oc2C)O[C@@H](n2cnc3c(N)nc(C)nc32)C[C@@H]1O.C#C[C@]1(COC(=O)NCCN(C)Cc2oc(=O)oc2C)O[C@@H](n2cnc3c(N)nc(C)nc32)C[C@@H]1O.C#C[C@]1(COC(=O)OCc2oc(=O)oc2C)O[C@@H](n2cnc3c(N)nc(C)nc32)C[C@@H]1OC(=O)OCc1oc(=O)oc1C. The van der Waals surface area contributed by atoms with Crippen molar-refractivity contribution in [1.29, 1.82) is 0 Å². The fraction of sp³-hybridized carbons (Fsp3) is 0.456. The molecule has 0 saturated carbocycles. The number of carbonyl (C=O) groups is 5. The van der Waals surface area contributed by atoms with Gasteiger partial charge in [-0.25, -0.2) is 98.2 Å². The van der Waals surface area contributed by atoms with Crippen molar-refractivity contribution in [2.75, 3.05) is 89.2 Å². The topological polar surface area (TPSA) is 743 Å². The number of nitrogen functional groups attached to an aromatic ring is 3. The van der Waals surface area contributed by atoms with Crippen LogP contribution < -0.4 is 51.1 Å². The second-order valence-corrected chi connectivity index (χ2v) is 33.6. The Labute approximate surface area is 828 Å². The molecule has 0 radical (unpaired) electrons. The molecule has 0 bridgehead atoms. The maximum atomic E-state index is 12.7. The molecule has 17 rings (SSSR count). The first-order valence-electron chi connectivity index (χ1n) is 44.5. The number of carbonyl (C=O) groups excluding carboxylic acids is 5. The van der Waals surface area contributed by atoms with Crippen molar-refractivity contribution < 1.29 is 141 Å². The van der Waals surface area contributed by atoms with Gasteiger partial charge in [0.25, 0.3) is 5.95 Å². The smallest absolute Gasteiger partial charge is 0.461 e. The standard InChI is InChI=1S/C25H23N5O13.C24H28N6O9.C22H27N7O7.C19H21N5O5/c1-5-25(9-37-21(31)35-7-14-11(2)38-23(33)40-14)16(42-22(32)36-8-15-12(3)39-24(34)41-15)6-17(43-25)30-10-27-18-19(26)28-13(4)29-20(18)30;1-5-24(16(31)9-17(39-24)30-12-26-19-20(25)27-14(3)28-21(19)30)11-36-18(32)7-6-8-29(4)22(33)35-10-15-13(2)37-23(34)38-15;1-5-22(10-33-20(31)24-6-7-28(4)9-14-12(2)34-21(32)35-14)15(30)8-16(36-22)29-11-25-17-18(23)26-13(3)27-19(17)29;1-5-19(8-25)14(26)6-15(29-19)24-9-21-16-17(22-11(3)23-18(16)24)20-7-13-10(2)27-12(4)28-13/h1,10,16-17H,6-9H2,2-4H3,(H2,26,28,29);1,12,16-17,31H,6-11H2,2-4H3,(H2,25,27,28);1,11,15-16,30H,6-10H2,2-4H3,(H,24,31)(H2,23,26,27);1,9,14-15,25-26H,4,6-8H2,2-3H3,(H,20,22,23)/t16-,17+,25+;16-,17+,24+;15-,16+,22+;14-,15+,19+/m0000/s1. The Bertz CT molecular complexity index is 7430. The number of nitrogens with one attached hydrogen (secondary N) is 2. The number of aliphatic hydroxyl groups is 4. The van der Waals surface area contributed by atoms with Crippen LogP contribution in [0.3, 0.4) is 0 Å². The average Bonchev–Trinajstić information content (AvgIpc) is 1.63. The number of nitrogens with zero attached hydrogens (tertiary/aromatic N) is 18. The van der Waals surface area contributed by atoms with Crippen molar-refractivity contribution in [3.8, 4) is 49.4 Å². The first-order valence-corrected chi connectivity index (χ1v) is 44.5. The summed E-state index contributed by atoms with van der Waals surface area (Å²) in [5, 5.41) is 47.1. The van der Waals surface area contributed by atoms with E-state index >= 15 is 0 Å². The van der Waals surface area contributed by atoms with Gasteiger partial charge in [-0.2, -0.15) is 0 Å². The van der Waals surface area contributed by atoms with E-state index in [0.717, 1.165) is 0 Å². The molecule has 12 atom stereocenters. The van der Waals surface area contributed by atoms with E-state index in [-0.39, 0.29) is 129 Å². The number of aromatic nitrogens is 16. The molecule has 0 aromatic carbocycles. The van der Waals surface area contributed by atoms with Crippen LogP contribution in [0.1, 0.15) is 140 Å². The van der Waals surface area contributed by atoms with Crippen molar-refractivity contribution in [1.82, 2.24) is 93.2 Å². The average molecular weight is 2050 g/mol. The Morgan fingerprint density at radius 1 is 0.490 bits per heavy atom. The number of hydrogen-bond donors (Lipinski definition) is 9. The van der Waals surface area contributed by atoms with Crippen LogP contribution in [0.15, 0.2) is 104 Å². The number of anilines is 4. The molecule has 12 N–H and O–H groups in total. The van der Waals surface area contributed by atoms with E-state index in [2.05, 4.69) is 101 Å². The first-order chi connectivity index (χ1) is 70.0. The number of fused-ring (bicyclic) bond motifs is 4. The Hall–Kier alpha value is -17.0. The van der Waals surface area contributed by atoms with Crippen molar-refractivity contribution in [2.24, 2.45) is 0 Å². The van der Waals surface area contributed by atoms with Crippen LogP contribution in [0, 0.1) is 105 Å². The minimum absolute atomic E-state index is 0.0259. The number of likely N-dealkylation sites (N-methyl/N-ethyl adjacent to an activating group) is 1. The molecule has 12 aromatic rings. The fourth-order valence-electron chi connectivity index (χ4n) is 15.6. The number of hydrogen-bond acceptors (Lipinski definition) is 51. The van der Waals surface area contributed by atoms with Crippen molar-refractivity contribution >= 4 is 98.4 Å². The fourth-order valence-corrected chi connectivity index (χ4v) is 15.6. The lowest BCUT2D eigenvalue weighted by atomic mass is 9.98. The van der Waals surface area contributed by atoms with Gasteiger partial charge in [-0.15, -0.1) is 25.7 Å². The van der Waals surface area contributed by atoms with Crippen LogP contribution >= 0.6 is 0 Å². The minimum atomic E-state index is -1.86. The van der Waals surface area contributed by atoms with Gasteiger partial charge < -0.3 is 150 Å². The van der Waals surface area contributed by atoms with Crippen LogP contribution in [0.2, 0.25) is 0 Å². The molecule has 5 aliphatic rings. The quantitative estimate of drug-likeness (QED) is 0.0176. The predicted octanol–water partition coefficient (Wildman–Crippen LogP) is 3.63. The molecule has 57 heteroatoms. The second kappa shape index (κ2) is 44.4. The summed E-state index contributed by atoms with van der Waals surface area (Å²) in [5.41, 5.74) is 14.7. The highest BCUT2D eigenvalue weighted by molar-refractivity contribution is 5.85. The zero-order valence-electron chi connectivity index (χ0n) is 80.5. The van der Waals surface area contributed by atoms with E-state index in [0.29, 0.717) is 116 Å². The van der Waals surface area contributed by atoms with Gasteiger partial charge in [0.05, 0.1) is 45.0 Å². The summed E-state index contributed by atoms with van der Waals surface area (Å²) in [4.78, 5) is 161. The zero-order chi connectivity index (χ0) is 106. The third kappa shape index (κ3) is 23.7. The molecule has 17 heterocycles. The normalized spacial score (nSPS) is 21.8. The number of amides is 2. The van der Waals surface area contributed by atoms with Gasteiger partial charge in [-0.05, 0) is 82.4 Å². The minimum Gasteiger partial charge on any atom is -0.461 e. The maximum absolute atomic E-state index is 12.7. The lowest BCUT2D eigenvalue weighted by molar-refractivity contribution is -0.156. The Balaban J connectivity index is 0.000000156. The van der Waals surface area contributed by atoms with Gasteiger partial charge in [0, 0.05) is 58.8 Å². The van der Waals surface area contributed by atoms with Gasteiger partial charge in [-0.3, -0.25) is 28.0 Å². The number of alkyl carbamates (subject to hydrolysis) is 1. The number of nitrogens with two attached hydrogens (primary N) is 3. The lowest BCUT2D eigenvalue weighted by Crippen LogP contribution is -2.45.